The minimum atomic E-state index is 0.128. The average molecular weight is 401 g/mol. The highest BCUT2D eigenvalue weighted by atomic mass is 79.9. The molecule has 2 N–H and O–H groups in total. The maximum absolute atomic E-state index is 3.62. The summed E-state index contributed by atoms with van der Waals surface area (Å²) in [6, 6.07) is 30.0. The first-order chi connectivity index (χ1) is 12.8. The highest BCUT2D eigenvalue weighted by Gasteiger charge is 2.21. The van der Waals surface area contributed by atoms with Crippen molar-refractivity contribution in [2.24, 2.45) is 0 Å². The number of H-pyrrole nitrogens is 2. The lowest BCUT2D eigenvalue weighted by Crippen LogP contribution is -2.04. The molecule has 0 aliphatic rings. The highest BCUT2D eigenvalue weighted by Crippen LogP contribution is 2.34. The van der Waals surface area contributed by atoms with E-state index in [2.05, 4.69) is 111 Å². The third-order valence-electron chi connectivity index (χ3n) is 4.93. The van der Waals surface area contributed by atoms with Gasteiger partial charge in [0, 0.05) is 26.9 Å². The van der Waals surface area contributed by atoms with Crippen LogP contribution in [0, 0.1) is 0 Å². The molecule has 0 fully saturated rings. The zero-order valence-corrected chi connectivity index (χ0v) is 15.6. The summed E-state index contributed by atoms with van der Waals surface area (Å²) in [5.74, 6) is 0.128. The lowest BCUT2D eigenvalue weighted by atomic mass is 9.92. The van der Waals surface area contributed by atoms with E-state index in [1.165, 1.54) is 38.8 Å². The van der Waals surface area contributed by atoms with E-state index in [1.807, 2.05) is 0 Å². The van der Waals surface area contributed by atoms with E-state index in [0.717, 1.165) is 4.47 Å². The smallest absolute Gasteiger partial charge is 0.0642 e. The van der Waals surface area contributed by atoms with Crippen molar-refractivity contribution in [3.05, 3.63) is 106 Å². The van der Waals surface area contributed by atoms with Crippen LogP contribution in [0.15, 0.2) is 89.4 Å². The molecule has 0 saturated carbocycles. The number of halogens is 1. The zero-order valence-electron chi connectivity index (χ0n) is 14.0. The second-order valence-electron chi connectivity index (χ2n) is 6.61. The summed E-state index contributed by atoms with van der Waals surface area (Å²) in [7, 11) is 0. The third-order valence-corrected chi connectivity index (χ3v) is 5.46. The van der Waals surface area contributed by atoms with Gasteiger partial charge in [-0.1, -0.05) is 64.5 Å². The first-order valence-corrected chi connectivity index (χ1v) is 9.48. The molecule has 2 aromatic heterocycles. The van der Waals surface area contributed by atoms with Gasteiger partial charge in [0.05, 0.1) is 5.92 Å². The number of hydrogen-bond acceptors (Lipinski definition) is 0. The molecule has 0 atom stereocenters. The molecule has 0 saturated heterocycles. The molecule has 2 heterocycles. The fourth-order valence-electron chi connectivity index (χ4n) is 3.68. The number of aromatic amines is 2. The van der Waals surface area contributed by atoms with Crippen molar-refractivity contribution in [3.63, 3.8) is 0 Å². The van der Waals surface area contributed by atoms with E-state index >= 15 is 0 Å². The van der Waals surface area contributed by atoms with Crippen LogP contribution in [-0.4, -0.2) is 9.97 Å². The van der Waals surface area contributed by atoms with Crippen LogP contribution >= 0.6 is 15.9 Å². The maximum atomic E-state index is 3.62. The van der Waals surface area contributed by atoms with Gasteiger partial charge in [0.25, 0.3) is 0 Å². The van der Waals surface area contributed by atoms with Crippen LogP contribution in [0.25, 0.3) is 21.8 Å². The molecule has 0 bridgehead atoms. The van der Waals surface area contributed by atoms with E-state index in [1.54, 1.807) is 0 Å². The van der Waals surface area contributed by atoms with Gasteiger partial charge in [0.15, 0.2) is 0 Å². The predicted octanol–water partition coefficient (Wildman–Crippen LogP) is 6.59. The van der Waals surface area contributed by atoms with Gasteiger partial charge >= 0.3 is 0 Å². The Morgan fingerprint density at radius 3 is 1.62 bits per heavy atom. The van der Waals surface area contributed by atoms with Crippen LogP contribution in [0.3, 0.4) is 0 Å². The molecule has 5 aromatic rings. The second-order valence-corrected chi connectivity index (χ2v) is 7.52. The number of fused-ring (bicyclic) bond motifs is 2. The quantitative estimate of drug-likeness (QED) is 0.342. The molecule has 0 amide bonds. The predicted molar refractivity (Wildman–Crippen MR) is 112 cm³/mol. The van der Waals surface area contributed by atoms with Crippen LogP contribution in [0.5, 0.6) is 0 Å². The fourth-order valence-corrected chi connectivity index (χ4v) is 3.95. The lowest BCUT2D eigenvalue weighted by Gasteiger charge is -2.15. The van der Waals surface area contributed by atoms with Crippen molar-refractivity contribution in [3.8, 4) is 0 Å². The number of benzene rings is 3. The molecule has 0 spiro atoms. The molecule has 26 heavy (non-hydrogen) atoms. The van der Waals surface area contributed by atoms with Crippen LogP contribution in [-0.2, 0) is 0 Å². The summed E-state index contributed by atoms with van der Waals surface area (Å²) in [6.45, 7) is 0. The normalized spacial score (nSPS) is 11.6. The first kappa shape index (κ1) is 15.5. The highest BCUT2D eigenvalue weighted by molar-refractivity contribution is 9.10. The molecule has 0 unspecified atom stereocenters. The van der Waals surface area contributed by atoms with Crippen LogP contribution in [0.4, 0.5) is 0 Å². The zero-order chi connectivity index (χ0) is 17.5. The van der Waals surface area contributed by atoms with E-state index < -0.39 is 0 Å². The van der Waals surface area contributed by atoms with Gasteiger partial charge < -0.3 is 9.97 Å². The van der Waals surface area contributed by atoms with Gasteiger partial charge in [-0.3, -0.25) is 0 Å². The van der Waals surface area contributed by atoms with Gasteiger partial charge in [-0.2, -0.15) is 0 Å². The van der Waals surface area contributed by atoms with Crippen molar-refractivity contribution < 1.29 is 0 Å². The third kappa shape index (κ3) is 2.65. The van der Waals surface area contributed by atoms with Crippen molar-refractivity contribution in [1.29, 1.82) is 0 Å². The van der Waals surface area contributed by atoms with Crippen molar-refractivity contribution >= 4 is 37.7 Å². The Labute approximate surface area is 160 Å². The van der Waals surface area contributed by atoms with Gasteiger partial charge in [-0.25, -0.2) is 0 Å². The van der Waals surface area contributed by atoms with Gasteiger partial charge in [-0.15, -0.1) is 0 Å². The summed E-state index contributed by atoms with van der Waals surface area (Å²) in [5.41, 5.74) is 5.98. The van der Waals surface area contributed by atoms with Crippen LogP contribution in [0.1, 0.15) is 22.9 Å². The number of hydrogen-bond donors (Lipinski definition) is 2. The number of aromatic nitrogens is 2. The minimum absolute atomic E-state index is 0.128. The van der Waals surface area contributed by atoms with E-state index in [-0.39, 0.29) is 5.92 Å². The Hall–Kier alpha value is -2.78. The van der Waals surface area contributed by atoms with Crippen molar-refractivity contribution in [2.75, 3.05) is 0 Å². The Kier molecular flexibility index (Phi) is 3.68. The minimum Gasteiger partial charge on any atom is -0.358 e. The van der Waals surface area contributed by atoms with Crippen molar-refractivity contribution in [1.82, 2.24) is 9.97 Å². The van der Waals surface area contributed by atoms with E-state index in [4.69, 9.17) is 0 Å². The summed E-state index contributed by atoms with van der Waals surface area (Å²) < 4.78 is 1.09. The first-order valence-electron chi connectivity index (χ1n) is 8.69. The van der Waals surface area contributed by atoms with Crippen LogP contribution < -0.4 is 0 Å². The SMILES string of the molecule is Brc1ccc(C(c2cc3ccccc3[nH]2)c2cc3ccccc3[nH]2)cc1. The number of rotatable bonds is 3. The molecule has 0 aliphatic heterocycles. The molecule has 126 valence electrons. The monoisotopic (exact) mass is 400 g/mol. The molecule has 3 heteroatoms. The number of para-hydroxylation sites is 2. The van der Waals surface area contributed by atoms with Crippen molar-refractivity contribution in [2.45, 2.75) is 5.92 Å². The standard InChI is InChI=1S/C23H17BrN2/c24-18-11-9-15(10-12-18)23(21-13-16-5-1-3-7-19(16)25-21)22-14-17-6-2-4-8-20(17)26-22/h1-14,23,25-26H. The Balaban J connectivity index is 1.72. The molecular weight excluding hydrogens is 384 g/mol. The Bertz CT molecular complexity index is 1060. The Morgan fingerprint density at radius 1 is 0.615 bits per heavy atom. The Morgan fingerprint density at radius 2 is 1.12 bits per heavy atom. The maximum Gasteiger partial charge on any atom is 0.0642 e. The fraction of sp³-hybridized carbons (Fsp3) is 0.0435. The molecule has 3 aromatic carbocycles. The van der Waals surface area contributed by atoms with Crippen LogP contribution in [0.2, 0.25) is 0 Å². The largest absolute Gasteiger partial charge is 0.358 e. The van der Waals surface area contributed by atoms with Gasteiger partial charge in [0.1, 0.15) is 0 Å². The lowest BCUT2D eigenvalue weighted by molar-refractivity contribution is 0.906. The molecular formula is C23H17BrN2. The van der Waals surface area contributed by atoms with E-state index in [0.29, 0.717) is 0 Å². The molecule has 0 radical (unpaired) electrons. The number of nitrogens with one attached hydrogen (secondary N) is 2. The summed E-state index contributed by atoms with van der Waals surface area (Å²) in [6.07, 6.45) is 0. The summed E-state index contributed by atoms with van der Waals surface area (Å²) >= 11 is 3.55. The molecule has 0 aliphatic carbocycles. The van der Waals surface area contributed by atoms with Gasteiger partial charge in [-0.05, 0) is 52.7 Å². The second kappa shape index (κ2) is 6.19. The van der Waals surface area contributed by atoms with Gasteiger partial charge in [0.2, 0.25) is 0 Å². The topological polar surface area (TPSA) is 31.6 Å². The molecule has 5 rings (SSSR count). The molecule has 2 nitrogen and oxygen atoms in total. The summed E-state index contributed by atoms with van der Waals surface area (Å²) in [4.78, 5) is 7.24. The summed E-state index contributed by atoms with van der Waals surface area (Å²) in [5, 5.41) is 2.47. The van der Waals surface area contributed by atoms with E-state index in [9.17, 15) is 0 Å². The average Bonchev–Trinajstić information content (AvgIpc) is 3.27.